The molecule has 0 aliphatic carbocycles. The maximum atomic E-state index is 10.4. The number of hydrogen-bond acceptors (Lipinski definition) is 3. The van der Waals surface area contributed by atoms with Crippen molar-refractivity contribution in [2.75, 3.05) is 0 Å². The SMILES string of the molecule is C=C/C=C\C(=C/C)c1cnc(C=O)nc1. The fraction of sp³-hybridized carbons (Fsp3) is 0.0833. The number of hydrogen-bond donors (Lipinski definition) is 0. The predicted octanol–water partition coefficient (Wildman–Crippen LogP) is 2.43. The highest BCUT2D eigenvalue weighted by Crippen LogP contribution is 2.13. The van der Waals surface area contributed by atoms with E-state index in [1.54, 1.807) is 18.5 Å². The van der Waals surface area contributed by atoms with Gasteiger partial charge in [0.05, 0.1) is 0 Å². The van der Waals surface area contributed by atoms with Crippen LogP contribution in [-0.2, 0) is 0 Å². The maximum absolute atomic E-state index is 10.4. The van der Waals surface area contributed by atoms with Crippen molar-refractivity contribution in [2.45, 2.75) is 6.92 Å². The molecule has 0 saturated heterocycles. The molecule has 0 unspecified atom stereocenters. The lowest BCUT2D eigenvalue weighted by atomic mass is 10.1. The van der Waals surface area contributed by atoms with Crippen LogP contribution < -0.4 is 0 Å². The van der Waals surface area contributed by atoms with E-state index in [0.717, 1.165) is 11.1 Å². The Kier molecular flexibility index (Phi) is 4.16. The van der Waals surface area contributed by atoms with Gasteiger partial charge in [-0.2, -0.15) is 0 Å². The van der Waals surface area contributed by atoms with Gasteiger partial charge in [0.15, 0.2) is 12.1 Å². The number of carbonyl (C=O) groups is 1. The molecular formula is C12H12N2O. The van der Waals surface area contributed by atoms with Crippen molar-refractivity contribution >= 4 is 11.9 Å². The largest absolute Gasteiger partial charge is 0.294 e. The average Bonchev–Trinajstić information content (AvgIpc) is 2.31. The van der Waals surface area contributed by atoms with Crippen molar-refractivity contribution in [3.8, 4) is 0 Å². The number of rotatable bonds is 4. The molecule has 0 aliphatic heterocycles. The summed E-state index contributed by atoms with van der Waals surface area (Å²) in [5.41, 5.74) is 1.87. The van der Waals surface area contributed by atoms with Gasteiger partial charge in [-0.1, -0.05) is 30.9 Å². The minimum Gasteiger partial charge on any atom is -0.294 e. The number of allylic oxidation sites excluding steroid dienone is 5. The van der Waals surface area contributed by atoms with E-state index in [1.165, 1.54) is 0 Å². The number of nitrogens with zero attached hydrogens (tertiary/aromatic N) is 2. The minimum atomic E-state index is 0.196. The summed E-state index contributed by atoms with van der Waals surface area (Å²) >= 11 is 0. The summed E-state index contributed by atoms with van der Waals surface area (Å²) in [6.07, 6.45) is 11.3. The summed E-state index contributed by atoms with van der Waals surface area (Å²) in [6, 6.07) is 0. The van der Waals surface area contributed by atoms with E-state index in [9.17, 15) is 4.79 Å². The fourth-order valence-electron chi connectivity index (χ4n) is 1.08. The van der Waals surface area contributed by atoms with Gasteiger partial charge in [0, 0.05) is 18.0 Å². The normalized spacial score (nSPS) is 11.7. The Morgan fingerprint density at radius 2 is 2.07 bits per heavy atom. The van der Waals surface area contributed by atoms with Crippen LogP contribution in [0.1, 0.15) is 23.1 Å². The van der Waals surface area contributed by atoms with Crippen LogP contribution in [0.3, 0.4) is 0 Å². The average molecular weight is 200 g/mol. The quantitative estimate of drug-likeness (QED) is 0.553. The zero-order valence-electron chi connectivity index (χ0n) is 8.55. The van der Waals surface area contributed by atoms with Crippen LogP contribution in [0.15, 0.2) is 43.3 Å². The standard InChI is InChI=1S/C12H12N2O/c1-3-5-6-10(4-2)11-7-13-12(9-15)14-8-11/h3-9H,1H2,2H3/b6-5-,10-4+. The van der Waals surface area contributed by atoms with Crippen LogP contribution in [0.25, 0.3) is 5.57 Å². The van der Waals surface area contributed by atoms with Crippen molar-refractivity contribution in [3.05, 3.63) is 54.7 Å². The third-order valence-corrected chi connectivity index (χ3v) is 1.83. The van der Waals surface area contributed by atoms with Crippen molar-refractivity contribution in [3.63, 3.8) is 0 Å². The molecule has 1 heterocycles. The first kappa shape index (κ1) is 11.0. The molecule has 1 aromatic rings. The second kappa shape index (κ2) is 5.65. The first-order valence-corrected chi connectivity index (χ1v) is 4.54. The van der Waals surface area contributed by atoms with Gasteiger partial charge in [-0.15, -0.1) is 0 Å². The zero-order chi connectivity index (χ0) is 11.1. The first-order valence-electron chi connectivity index (χ1n) is 4.54. The lowest BCUT2D eigenvalue weighted by Gasteiger charge is -1.99. The molecule has 0 fully saturated rings. The fourth-order valence-corrected chi connectivity index (χ4v) is 1.08. The lowest BCUT2D eigenvalue weighted by Crippen LogP contribution is -1.93. The van der Waals surface area contributed by atoms with E-state index < -0.39 is 0 Å². The maximum Gasteiger partial charge on any atom is 0.192 e. The molecule has 0 spiro atoms. The Morgan fingerprint density at radius 3 is 2.53 bits per heavy atom. The molecule has 1 aromatic heterocycles. The van der Waals surface area contributed by atoms with E-state index in [1.807, 2.05) is 25.2 Å². The highest BCUT2D eigenvalue weighted by atomic mass is 16.1. The van der Waals surface area contributed by atoms with E-state index in [0.29, 0.717) is 6.29 Å². The highest BCUT2D eigenvalue weighted by molar-refractivity contribution is 5.74. The molecule has 0 radical (unpaired) electrons. The van der Waals surface area contributed by atoms with Gasteiger partial charge in [-0.3, -0.25) is 4.79 Å². The first-order chi connectivity index (χ1) is 7.31. The molecule has 0 bridgehead atoms. The summed E-state index contributed by atoms with van der Waals surface area (Å²) in [7, 11) is 0. The van der Waals surface area contributed by atoms with Crippen molar-refractivity contribution < 1.29 is 4.79 Å². The predicted molar refractivity (Wildman–Crippen MR) is 60.4 cm³/mol. The Morgan fingerprint density at radius 1 is 1.40 bits per heavy atom. The van der Waals surface area contributed by atoms with Gasteiger partial charge in [0.25, 0.3) is 0 Å². The Labute approximate surface area is 88.9 Å². The van der Waals surface area contributed by atoms with Gasteiger partial charge >= 0.3 is 0 Å². The van der Waals surface area contributed by atoms with Crippen molar-refractivity contribution in [1.82, 2.24) is 9.97 Å². The molecule has 0 aliphatic rings. The molecule has 3 heteroatoms. The summed E-state index contributed by atoms with van der Waals surface area (Å²) in [5, 5.41) is 0. The molecule has 76 valence electrons. The van der Waals surface area contributed by atoms with Crippen molar-refractivity contribution in [2.24, 2.45) is 0 Å². The summed E-state index contributed by atoms with van der Waals surface area (Å²) in [6.45, 7) is 5.52. The van der Waals surface area contributed by atoms with Gasteiger partial charge < -0.3 is 0 Å². The Balaban J connectivity index is 2.98. The highest BCUT2D eigenvalue weighted by Gasteiger charge is 1.98. The molecule has 0 atom stereocenters. The van der Waals surface area contributed by atoms with Crippen LogP contribution in [0.4, 0.5) is 0 Å². The lowest BCUT2D eigenvalue weighted by molar-refractivity contribution is 0.111. The molecule has 0 aromatic carbocycles. The third-order valence-electron chi connectivity index (χ3n) is 1.83. The molecule has 3 nitrogen and oxygen atoms in total. The molecule has 0 amide bonds. The number of carbonyl (C=O) groups excluding carboxylic acids is 1. The minimum absolute atomic E-state index is 0.196. The number of aromatic nitrogens is 2. The van der Waals surface area contributed by atoms with E-state index in [-0.39, 0.29) is 5.82 Å². The molecular weight excluding hydrogens is 188 g/mol. The van der Waals surface area contributed by atoms with E-state index in [2.05, 4.69) is 16.5 Å². The topological polar surface area (TPSA) is 42.9 Å². The van der Waals surface area contributed by atoms with Crippen LogP contribution in [-0.4, -0.2) is 16.3 Å². The Hall–Kier alpha value is -2.03. The van der Waals surface area contributed by atoms with E-state index >= 15 is 0 Å². The molecule has 0 saturated carbocycles. The second-order valence-electron chi connectivity index (χ2n) is 2.79. The number of aldehydes is 1. The van der Waals surface area contributed by atoms with Crippen molar-refractivity contribution in [1.29, 1.82) is 0 Å². The van der Waals surface area contributed by atoms with Gasteiger partial charge in [0.2, 0.25) is 0 Å². The van der Waals surface area contributed by atoms with Gasteiger partial charge in [-0.25, -0.2) is 9.97 Å². The summed E-state index contributed by atoms with van der Waals surface area (Å²) in [4.78, 5) is 18.2. The Bertz CT molecular complexity index is 402. The van der Waals surface area contributed by atoms with Crippen LogP contribution in [0, 0.1) is 0 Å². The van der Waals surface area contributed by atoms with Gasteiger partial charge in [0.1, 0.15) is 0 Å². The zero-order valence-corrected chi connectivity index (χ0v) is 8.55. The molecule has 15 heavy (non-hydrogen) atoms. The summed E-state index contributed by atoms with van der Waals surface area (Å²) in [5.74, 6) is 0.196. The van der Waals surface area contributed by atoms with E-state index in [4.69, 9.17) is 0 Å². The van der Waals surface area contributed by atoms with Crippen LogP contribution >= 0.6 is 0 Å². The smallest absolute Gasteiger partial charge is 0.192 e. The summed E-state index contributed by atoms with van der Waals surface area (Å²) < 4.78 is 0. The second-order valence-corrected chi connectivity index (χ2v) is 2.79. The van der Waals surface area contributed by atoms with Crippen LogP contribution in [0.2, 0.25) is 0 Å². The third kappa shape index (κ3) is 2.98. The monoisotopic (exact) mass is 200 g/mol. The van der Waals surface area contributed by atoms with Crippen LogP contribution in [0.5, 0.6) is 0 Å². The van der Waals surface area contributed by atoms with Gasteiger partial charge in [-0.05, 0) is 12.5 Å². The molecule has 0 N–H and O–H groups in total. The molecule has 1 rings (SSSR count).